The fraction of sp³-hybridized carbons (Fsp3) is 0.571. The number of nitrogens with two attached hydrogens (primary N) is 1. The number of hydrogen-bond acceptors (Lipinski definition) is 3. The Balaban J connectivity index is 0.00000162. The van der Waals surface area contributed by atoms with E-state index in [1.54, 1.807) is 0 Å². The average molecular weight is 271 g/mol. The second-order valence-corrected chi connectivity index (χ2v) is 4.59. The summed E-state index contributed by atoms with van der Waals surface area (Å²) in [5.74, 6) is 0. The molecule has 0 bridgehead atoms. The molecule has 1 saturated heterocycles. The highest BCUT2D eigenvalue weighted by atomic mass is 35.5. The minimum atomic E-state index is 0. The van der Waals surface area contributed by atoms with E-state index < -0.39 is 0 Å². The van der Waals surface area contributed by atoms with Gasteiger partial charge in [0.2, 0.25) is 0 Å². The zero-order valence-corrected chi connectivity index (χ0v) is 11.8. The highest BCUT2D eigenvalue weighted by Gasteiger charge is 2.19. The quantitative estimate of drug-likeness (QED) is 0.907. The van der Waals surface area contributed by atoms with Crippen LogP contribution in [0.15, 0.2) is 24.3 Å². The van der Waals surface area contributed by atoms with E-state index in [-0.39, 0.29) is 18.5 Å². The van der Waals surface area contributed by atoms with Gasteiger partial charge >= 0.3 is 0 Å². The summed E-state index contributed by atoms with van der Waals surface area (Å²) in [7, 11) is 0. The van der Waals surface area contributed by atoms with Gasteiger partial charge in [-0.15, -0.1) is 12.4 Å². The molecule has 1 aliphatic rings. The number of rotatable bonds is 4. The topological polar surface area (TPSA) is 38.5 Å². The van der Waals surface area contributed by atoms with Crippen LogP contribution in [0, 0.1) is 0 Å². The average Bonchev–Trinajstić information content (AvgIpc) is 2.39. The normalized spacial score (nSPS) is 20.4. The van der Waals surface area contributed by atoms with Crippen LogP contribution >= 0.6 is 12.4 Å². The summed E-state index contributed by atoms with van der Waals surface area (Å²) in [5, 5.41) is 0. The third-order valence-electron chi connectivity index (χ3n) is 3.38. The molecular formula is C14H23ClN2O. The first-order valence-electron chi connectivity index (χ1n) is 6.44. The third-order valence-corrected chi connectivity index (χ3v) is 3.38. The predicted octanol–water partition coefficient (Wildman–Crippen LogP) is 1.83. The largest absolute Gasteiger partial charge is 0.374 e. The van der Waals surface area contributed by atoms with Crippen LogP contribution in [0.5, 0.6) is 0 Å². The van der Waals surface area contributed by atoms with Crippen LogP contribution < -0.4 is 5.73 Å². The number of halogens is 1. The number of ether oxygens (including phenoxy) is 1. The van der Waals surface area contributed by atoms with E-state index in [9.17, 15) is 0 Å². The van der Waals surface area contributed by atoms with E-state index in [1.165, 1.54) is 11.1 Å². The molecule has 1 aliphatic heterocycles. The molecule has 0 amide bonds. The highest BCUT2D eigenvalue weighted by Crippen LogP contribution is 2.14. The summed E-state index contributed by atoms with van der Waals surface area (Å²) < 4.78 is 5.58. The molecular weight excluding hydrogens is 248 g/mol. The van der Waals surface area contributed by atoms with Crippen molar-refractivity contribution >= 4 is 12.4 Å². The van der Waals surface area contributed by atoms with Gasteiger partial charge in [0.15, 0.2) is 0 Å². The zero-order chi connectivity index (χ0) is 12.1. The van der Waals surface area contributed by atoms with Crippen LogP contribution in [-0.2, 0) is 17.7 Å². The Morgan fingerprint density at radius 2 is 2.06 bits per heavy atom. The summed E-state index contributed by atoms with van der Waals surface area (Å²) in [4.78, 5) is 2.44. The summed E-state index contributed by atoms with van der Waals surface area (Å²) in [6, 6.07) is 8.68. The molecule has 1 fully saturated rings. The second-order valence-electron chi connectivity index (χ2n) is 4.59. The van der Waals surface area contributed by atoms with E-state index in [1.807, 2.05) is 0 Å². The number of morpholine rings is 1. The van der Waals surface area contributed by atoms with Crippen LogP contribution in [0.4, 0.5) is 0 Å². The van der Waals surface area contributed by atoms with Crippen LogP contribution in [0.3, 0.4) is 0 Å². The van der Waals surface area contributed by atoms with Gasteiger partial charge in [0.25, 0.3) is 0 Å². The third kappa shape index (κ3) is 3.95. The summed E-state index contributed by atoms with van der Waals surface area (Å²) >= 11 is 0. The monoisotopic (exact) mass is 270 g/mol. The van der Waals surface area contributed by atoms with E-state index in [4.69, 9.17) is 10.5 Å². The van der Waals surface area contributed by atoms with Gasteiger partial charge in [0.1, 0.15) is 0 Å². The summed E-state index contributed by atoms with van der Waals surface area (Å²) in [6.45, 7) is 6.61. The number of hydrogen-bond donors (Lipinski definition) is 1. The maximum atomic E-state index is 5.66. The molecule has 102 valence electrons. The Morgan fingerprint density at radius 1 is 1.33 bits per heavy atom. The maximum Gasteiger partial charge on any atom is 0.0824 e. The molecule has 18 heavy (non-hydrogen) atoms. The van der Waals surface area contributed by atoms with Gasteiger partial charge < -0.3 is 10.5 Å². The van der Waals surface area contributed by atoms with Crippen LogP contribution in [-0.4, -0.2) is 37.2 Å². The van der Waals surface area contributed by atoms with Gasteiger partial charge in [-0.3, -0.25) is 4.90 Å². The van der Waals surface area contributed by atoms with E-state index in [0.717, 1.165) is 32.7 Å². The lowest BCUT2D eigenvalue weighted by Crippen LogP contribution is -2.45. The standard InChI is InChI=1S/C14H22N2O.ClH/c1-2-12-5-3-4-6-13(12)10-16-7-8-17-14(9-15)11-16;/h3-6,14H,2,7-11,15H2,1H3;1H. The molecule has 1 unspecified atom stereocenters. The van der Waals surface area contributed by atoms with Crippen molar-refractivity contribution in [2.75, 3.05) is 26.2 Å². The first kappa shape index (κ1) is 15.4. The van der Waals surface area contributed by atoms with E-state index in [2.05, 4.69) is 36.1 Å². The second kappa shape index (κ2) is 7.74. The number of benzene rings is 1. The fourth-order valence-corrected chi connectivity index (χ4v) is 2.36. The molecule has 1 atom stereocenters. The number of nitrogens with zero attached hydrogens (tertiary/aromatic N) is 1. The van der Waals surface area contributed by atoms with Crippen LogP contribution in [0.25, 0.3) is 0 Å². The molecule has 2 rings (SSSR count). The van der Waals surface area contributed by atoms with Gasteiger partial charge in [0.05, 0.1) is 12.7 Å². The molecule has 2 N–H and O–H groups in total. The predicted molar refractivity (Wildman–Crippen MR) is 77.1 cm³/mol. The van der Waals surface area contributed by atoms with Gasteiger partial charge in [0, 0.05) is 26.2 Å². The van der Waals surface area contributed by atoms with Crippen molar-refractivity contribution < 1.29 is 4.74 Å². The van der Waals surface area contributed by atoms with E-state index >= 15 is 0 Å². The van der Waals surface area contributed by atoms with Crippen molar-refractivity contribution in [3.63, 3.8) is 0 Å². The smallest absolute Gasteiger partial charge is 0.0824 e. The number of aryl methyl sites for hydroxylation is 1. The molecule has 0 radical (unpaired) electrons. The van der Waals surface area contributed by atoms with Crippen LogP contribution in [0.1, 0.15) is 18.1 Å². The molecule has 1 aromatic rings. The van der Waals surface area contributed by atoms with Gasteiger partial charge in [-0.05, 0) is 17.5 Å². The van der Waals surface area contributed by atoms with Crippen molar-refractivity contribution in [2.24, 2.45) is 5.73 Å². The van der Waals surface area contributed by atoms with Crippen molar-refractivity contribution in [1.29, 1.82) is 0 Å². The van der Waals surface area contributed by atoms with Crippen molar-refractivity contribution in [3.05, 3.63) is 35.4 Å². The highest BCUT2D eigenvalue weighted by molar-refractivity contribution is 5.85. The van der Waals surface area contributed by atoms with Gasteiger partial charge in [-0.25, -0.2) is 0 Å². The minimum absolute atomic E-state index is 0. The molecule has 1 heterocycles. The summed E-state index contributed by atoms with van der Waals surface area (Å²) in [6.07, 6.45) is 1.30. The Morgan fingerprint density at radius 3 is 2.72 bits per heavy atom. The lowest BCUT2D eigenvalue weighted by molar-refractivity contribution is -0.0261. The van der Waals surface area contributed by atoms with Crippen molar-refractivity contribution in [2.45, 2.75) is 26.0 Å². The molecule has 0 saturated carbocycles. The maximum absolute atomic E-state index is 5.66. The van der Waals surface area contributed by atoms with E-state index in [0.29, 0.717) is 6.54 Å². The van der Waals surface area contributed by atoms with Crippen molar-refractivity contribution in [3.8, 4) is 0 Å². The molecule has 1 aromatic carbocycles. The molecule has 4 heteroatoms. The molecule has 0 aromatic heterocycles. The SMILES string of the molecule is CCc1ccccc1CN1CCOC(CN)C1.Cl. The van der Waals surface area contributed by atoms with Gasteiger partial charge in [-0.1, -0.05) is 31.2 Å². The lowest BCUT2D eigenvalue weighted by Gasteiger charge is -2.32. The van der Waals surface area contributed by atoms with Crippen LogP contribution in [0.2, 0.25) is 0 Å². The first-order chi connectivity index (χ1) is 8.33. The Labute approximate surface area is 116 Å². The Bertz CT molecular complexity index is 359. The zero-order valence-electron chi connectivity index (χ0n) is 11.0. The van der Waals surface area contributed by atoms with Crippen molar-refractivity contribution in [1.82, 2.24) is 4.90 Å². The first-order valence-corrected chi connectivity index (χ1v) is 6.44. The molecule has 0 spiro atoms. The molecule has 3 nitrogen and oxygen atoms in total. The lowest BCUT2D eigenvalue weighted by atomic mass is 10.0. The fourth-order valence-electron chi connectivity index (χ4n) is 2.36. The Hall–Kier alpha value is -0.610. The Kier molecular flexibility index (Phi) is 6.65. The molecule has 0 aliphatic carbocycles. The van der Waals surface area contributed by atoms with Gasteiger partial charge in [-0.2, -0.15) is 0 Å². The minimum Gasteiger partial charge on any atom is -0.374 e. The summed E-state index contributed by atoms with van der Waals surface area (Å²) in [5.41, 5.74) is 8.55.